The van der Waals surface area contributed by atoms with Crippen molar-refractivity contribution in [3.05, 3.63) is 38.9 Å². The summed E-state index contributed by atoms with van der Waals surface area (Å²) < 4.78 is 6.73. The molecule has 1 heterocycles. The maximum Gasteiger partial charge on any atom is 0.278 e. The van der Waals surface area contributed by atoms with Crippen LogP contribution in [-0.2, 0) is 0 Å². The first-order valence-electron chi connectivity index (χ1n) is 4.10. The molecule has 0 spiro atoms. The Bertz CT molecular complexity index is 441. The summed E-state index contributed by atoms with van der Waals surface area (Å²) in [5.41, 5.74) is 0.996. The van der Waals surface area contributed by atoms with Crippen LogP contribution < -0.4 is 4.74 Å². The third-order valence-corrected chi connectivity index (χ3v) is 3.36. The van der Waals surface area contributed by atoms with Crippen LogP contribution in [0, 0.1) is 10.5 Å². The lowest BCUT2D eigenvalue weighted by atomic mass is 10.3. The van der Waals surface area contributed by atoms with Crippen molar-refractivity contribution in [2.45, 2.75) is 6.92 Å². The van der Waals surface area contributed by atoms with Crippen molar-refractivity contribution in [1.29, 1.82) is 0 Å². The number of benzene rings is 1. The molecule has 0 aliphatic carbocycles. The number of rotatable bonds is 2. The van der Waals surface area contributed by atoms with Crippen molar-refractivity contribution in [3.63, 3.8) is 0 Å². The summed E-state index contributed by atoms with van der Waals surface area (Å²) in [4.78, 5) is 4.24. The van der Waals surface area contributed by atoms with Crippen LogP contribution in [-0.4, -0.2) is 4.98 Å². The number of aryl methyl sites for hydroxylation is 1. The maximum absolute atomic E-state index is 5.63. The Balaban J connectivity index is 2.23. The number of nitrogens with zero attached hydrogens (tertiary/aromatic N) is 1. The van der Waals surface area contributed by atoms with Gasteiger partial charge in [-0.25, -0.2) is 4.98 Å². The van der Waals surface area contributed by atoms with Gasteiger partial charge < -0.3 is 4.74 Å². The van der Waals surface area contributed by atoms with Gasteiger partial charge in [0.15, 0.2) is 0 Å². The van der Waals surface area contributed by atoms with E-state index in [4.69, 9.17) is 4.74 Å². The van der Waals surface area contributed by atoms with E-state index in [0.717, 1.165) is 15.0 Å². The van der Waals surface area contributed by atoms with Crippen LogP contribution in [0.5, 0.6) is 10.9 Å². The lowest BCUT2D eigenvalue weighted by molar-refractivity contribution is 0.474. The number of halogens is 1. The first-order chi connectivity index (χ1) is 6.75. The van der Waals surface area contributed by atoms with E-state index in [1.54, 1.807) is 0 Å². The zero-order valence-corrected chi connectivity index (χ0v) is 10.5. The first kappa shape index (κ1) is 9.92. The molecule has 2 nitrogen and oxygen atoms in total. The molecule has 0 atom stereocenters. The van der Waals surface area contributed by atoms with Crippen LogP contribution in [0.25, 0.3) is 0 Å². The van der Waals surface area contributed by atoms with Gasteiger partial charge in [-0.2, -0.15) is 0 Å². The molecule has 0 N–H and O–H groups in total. The average molecular weight is 317 g/mol. The Kier molecular flexibility index (Phi) is 3.02. The molecule has 72 valence electrons. The Morgan fingerprint density at radius 2 is 2.14 bits per heavy atom. The molecule has 1 aromatic carbocycles. The summed E-state index contributed by atoms with van der Waals surface area (Å²) >= 11 is 3.76. The van der Waals surface area contributed by atoms with Crippen LogP contribution >= 0.6 is 33.9 Å². The monoisotopic (exact) mass is 317 g/mol. The fourth-order valence-electron chi connectivity index (χ4n) is 1.00. The van der Waals surface area contributed by atoms with E-state index in [0.29, 0.717) is 5.19 Å². The van der Waals surface area contributed by atoms with Crippen LogP contribution in [0.15, 0.2) is 29.6 Å². The highest BCUT2D eigenvalue weighted by Crippen LogP contribution is 2.28. The van der Waals surface area contributed by atoms with Gasteiger partial charge in [0.1, 0.15) is 5.75 Å². The highest BCUT2D eigenvalue weighted by atomic mass is 127. The van der Waals surface area contributed by atoms with Crippen molar-refractivity contribution in [2.75, 3.05) is 0 Å². The van der Waals surface area contributed by atoms with Crippen molar-refractivity contribution in [1.82, 2.24) is 4.98 Å². The minimum absolute atomic E-state index is 0.701. The minimum Gasteiger partial charge on any atom is -0.430 e. The Labute approximate surface area is 100 Å². The van der Waals surface area contributed by atoms with E-state index in [2.05, 4.69) is 27.6 Å². The molecule has 0 aliphatic heterocycles. The van der Waals surface area contributed by atoms with Gasteiger partial charge in [0.05, 0.1) is 9.26 Å². The summed E-state index contributed by atoms with van der Waals surface area (Å²) in [6.07, 6.45) is 0. The molecule has 0 radical (unpaired) electrons. The van der Waals surface area contributed by atoms with Crippen LogP contribution in [0.2, 0.25) is 0 Å². The Hall–Kier alpha value is -0.620. The van der Waals surface area contributed by atoms with E-state index in [9.17, 15) is 0 Å². The third kappa shape index (κ3) is 2.24. The van der Waals surface area contributed by atoms with Crippen molar-refractivity contribution < 1.29 is 4.74 Å². The molecule has 0 bridgehead atoms. The lowest BCUT2D eigenvalue weighted by Crippen LogP contribution is -1.85. The summed E-state index contributed by atoms with van der Waals surface area (Å²) in [6.45, 7) is 1.96. The summed E-state index contributed by atoms with van der Waals surface area (Å²) in [6, 6.07) is 7.90. The van der Waals surface area contributed by atoms with Crippen molar-refractivity contribution in [2.24, 2.45) is 0 Å². The minimum atomic E-state index is 0.701. The topological polar surface area (TPSA) is 22.1 Å². The molecule has 2 rings (SSSR count). The molecular formula is C10H8INOS. The maximum atomic E-state index is 5.63. The van der Waals surface area contributed by atoms with Crippen LogP contribution in [0.1, 0.15) is 5.69 Å². The second-order valence-electron chi connectivity index (χ2n) is 2.79. The predicted octanol–water partition coefficient (Wildman–Crippen LogP) is 3.85. The normalized spacial score (nSPS) is 10.1. The van der Waals surface area contributed by atoms with E-state index in [1.807, 2.05) is 36.6 Å². The number of hydrogen-bond donors (Lipinski definition) is 0. The Morgan fingerprint density at radius 1 is 1.36 bits per heavy atom. The molecular weight excluding hydrogens is 309 g/mol. The summed E-state index contributed by atoms with van der Waals surface area (Å²) in [5, 5.41) is 2.68. The van der Waals surface area contributed by atoms with Gasteiger partial charge in [-0.15, -0.1) is 0 Å². The van der Waals surface area contributed by atoms with Gasteiger partial charge >= 0.3 is 0 Å². The van der Waals surface area contributed by atoms with Gasteiger partial charge in [-0.1, -0.05) is 23.5 Å². The Morgan fingerprint density at radius 3 is 2.79 bits per heavy atom. The van der Waals surface area contributed by atoms with Crippen LogP contribution in [0.3, 0.4) is 0 Å². The molecule has 0 amide bonds. The molecule has 2 aromatic rings. The molecule has 0 fully saturated rings. The van der Waals surface area contributed by atoms with E-state index >= 15 is 0 Å². The van der Waals surface area contributed by atoms with Crippen molar-refractivity contribution in [3.8, 4) is 10.9 Å². The highest BCUT2D eigenvalue weighted by Gasteiger charge is 2.03. The second kappa shape index (κ2) is 4.27. The standard InChI is InChI=1S/C10H8INOS/c1-7-6-14-10(12-7)13-9-5-3-2-4-8(9)11/h2-6H,1H3. The lowest BCUT2D eigenvalue weighted by Gasteiger charge is -2.02. The molecule has 0 unspecified atom stereocenters. The third-order valence-electron chi connectivity index (χ3n) is 1.63. The summed E-state index contributed by atoms with van der Waals surface area (Å²) in [7, 11) is 0. The SMILES string of the molecule is Cc1csc(Oc2ccccc2I)n1. The number of ether oxygens (including phenoxy) is 1. The highest BCUT2D eigenvalue weighted by molar-refractivity contribution is 14.1. The second-order valence-corrected chi connectivity index (χ2v) is 4.77. The van der Waals surface area contributed by atoms with E-state index in [1.165, 1.54) is 11.3 Å². The zero-order valence-electron chi connectivity index (χ0n) is 7.53. The molecule has 0 saturated heterocycles. The zero-order chi connectivity index (χ0) is 9.97. The summed E-state index contributed by atoms with van der Waals surface area (Å²) in [5.74, 6) is 0.863. The molecule has 0 aliphatic rings. The smallest absolute Gasteiger partial charge is 0.278 e. The van der Waals surface area contributed by atoms with Gasteiger partial charge in [0.2, 0.25) is 0 Å². The van der Waals surface area contributed by atoms with Crippen molar-refractivity contribution >= 4 is 33.9 Å². The number of para-hydroxylation sites is 1. The molecule has 14 heavy (non-hydrogen) atoms. The van der Waals surface area contributed by atoms with E-state index < -0.39 is 0 Å². The van der Waals surface area contributed by atoms with Gasteiger partial charge in [-0.3, -0.25) is 0 Å². The van der Waals surface area contributed by atoms with Gasteiger partial charge in [0, 0.05) is 5.38 Å². The van der Waals surface area contributed by atoms with Gasteiger partial charge in [0.25, 0.3) is 5.19 Å². The fraction of sp³-hybridized carbons (Fsp3) is 0.100. The fourth-order valence-corrected chi connectivity index (χ4v) is 2.16. The first-order valence-corrected chi connectivity index (χ1v) is 6.06. The van der Waals surface area contributed by atoms with Gasteiger partial charge in [-0.05, 0) is 41.6 Å². The predicted molar refractivity (Wildman–Crippen MR) is 66.1 cm³/mol. The number of hydrogen-bond acceptors (Lipinski definition) is 3. The average Bonchev–Trinajstić information content (AvgIpc) is 2.56. The largest absolute Gasteiger partial charge is 0.430 e. The number of aromatic nitrogens is 1. The number of thiazole rings is 1. The molecule has 0 saturated carbocycles. The van der Waals surface area contributed by atoms with Crippen LogP contribution in [0.4, 0.5) is 0 Å². The van der Waals surface area contributed by atoms with E-state index in [-0.39, 0.29) is 0 Å². The molecule has 4 heteroatoms. The molecule has 1 aromatic heterocycles. The quantitative estimate of drug-likeness (QED) is 0.785.